The van der Waals surface area contributed by atoms with E-state index in [1.807, 2.05) is 0 Å². The van der Waals surface area contributed by atoms with E-state index in [-0.39, 0.29) is 16.5 Å². The zero-order chi connectivity index (χ0) is 18.2. The first-order chi connectivity index (χ1) is 11.8. The van der Waals surface area contributed by atoms with E-state index in [2.05, 4.69) is 10.3 Å². The van der Waals surface area contributed by atoms with Crippen LogP contribution in [0.5, 0.6) is 5.75 Å². The van der Waals surface area contributed by atoms with Gasteiger partial charge in [0.25, 0.3) is 0 Å². The van der Waals surface area contributed by atoms with Gasteiger partial charge in [-0.15, -0.1) is 0 Å². The number of pyridine rings is 1. The number of hydrogen-bond donors (Lipinski definition) is 3. The van der Waals surface area contributed by atoms with E-state index in [0.717, 1.165) is 0 Å². The summed E-state index contributed by atoms with van der Waals surface area (Å²) in [5.74, 6) is -1.24. The minimum Gasteiger partial charge on any atom is -0.506 e. The van der Waals surface area contributed by atoms with Crippen LogP contribution in [0.1, 0.15) is 21.6 Å². The molecule has 8 heteroatoms. The largest absolute Gasteiger partial charge is 0.506 e. The van der Waals surface area contributed by atoms with E-state index in [0.29, 0.717) is 21.2 Å². The molecule has 0 amide bonds. The van der Waals surface area contributed by atoms with Gasteiger partial charge in [-0.2, -0.15) is 0 Å². The zero-order valence-electron chi connectivity index (χ0n) is 12.5. The van der Waals surface area contributed by atoms with Crippen LogP contribution in [0.2, 0.25) is 5.02 Å². The molecule has 1 unspecified atom stereocenters. The molecule has 0 bridgehead atoms. The predicted molar refractivity (Wildman–Crippen MR) is 96.1 cm³/mol. The van der Waals surface area contributed by atoms with E-state index in [1.54, 1.807) is 30.5 Å². The molecule has 25 heavy (non-hydrogen) atoms. The molecule has 1 atom stereocenters. The van der Waals surface area contributed by atoms with Crippen LogP contribution in [0.4, 0.5) is 0 Å². The van der Waals surface area contributed by atoms with Gasteiger partial charge in [0.1, 0.15) is 17.0 Å². The highest BCUT2D eigenvalue weighted by molar-refractivity contribution is 6.36. The van der Waals surface area contributed by atoms with Gasteiger partial charge in [0.15, 0.2) is 0 Å². The maximum atomic E-state index is 11.0. The Morgan fingerprint density at radius 3 is 2.40 bits per heavy atom. The lowest BCUT2D eigenvalue weighted by atomic mass is 9.81. The highest BCUT2D eigenvalue weighted by Crippen LogP contribution is 2.43. The molecule has 0 fully saturated rings. The van der Waals surface area contributed by atoms with Crippen LogP contribution in [-0.4, -0.2) is 21.2 Å². The lowest BCUT2D eigenvalue weighted by molar-refractivity contribution is 0.0690. The number of phenols is 1. The predicted octanol–water partition coefficient (Wildman–Crippen LogP) is 4.19. The SMILES string of the molecule is O=C(O)c1ccc(C2(c3ccc(Cl)c(O)c3)NC=C(Cl)C=C2Cl)cn1. The zero-order valence-corrected chi connectivity index (χ0v) is 14.8. The summed E-state index contributed by atoms with van der Waals surface area (Å²) in [4.78, 5) is 15.0. The van der Waals surface area contributed by atoms with Crippen molar-refractivity contribution in [2.45, 2.75) is 5.54 Å². The van der Waals surface area contributed by atoms with Crippen molar-refractivity contribution in [2.75, 3.05) is 0 Å². The van der Waals surface area contributed by atoms with Crippen molar-refractivity contribution in [3.8, 4) is 5.75 Å². The second-order valence-electron chi connectivity index (χ2n) is 5.32. The maximum absolute atomic E-state index is 11.0. The minimum absolute atomic E-state index is 0.0951. The molecule has 1 aromatic heterocycles. The Labute approximate surface area is 158 Å². The topological polar surface area (TPSA) is 82.5 Å². The molecule has 1 aliphatic rings. The Balaban J connectivity index is 2.21. The van der Waals surface area contributed by atoms with E-state index in [9.17, 15) is 9.90 Å². The Morgan fingerprint density at radius 1 is 1.12 bits per heavy atom. The average Bonchev–Trinajstić information content (AvgIpc) is 2.58. The number of benzene rings is 1. The van der Waals surface area contributed by atoms with Gasteiger partial charge < -0.3 is 15.5 Å². The van der Waals surface area contributed by atoms with Gasteiger partial charge in [-0.05, 0) is 29.8 Å². The number of allylic oxidation sites excluding steroid dienone is 2. The summed E-state index contributed by atoms with van der Waals surface area (Å²) in [5, 5.41) is 23.1. The van der Waals surface area contributed by atoms with E-state index in [4.69, 9.17) is 39.9 Å². The van der Waals surface area contributed by atoms with Crippen molar-refractivity contribution >= 4 is 40.8 Å². The number of halogens is 3. The first-order valence-electron chi connectivity index (χ1n) is 7.04. The van der Waals surface area contributed by atoms with Gasteiger partial charge in [-0.1, -0.05) is 46.9 Å². The molecule has 0 saturated heterocycles. The number of nitrogens with one attached hydrogen (secondary N) is 1. The van der Waals surface area contributed by atoms with Crippen LogP contribution in [0.15, 0.2) is 58.9 Å². The van der Waals surface area contributed by atoms with Gasteiger partial charge in [0.05, 0.1) is 15.1 Å². The molecule has 128 valence electrons. The Bertz CT molecular complexity index is 910. The monoisotopic (exact) mass is 396 g/mol. The summed E-state index contributed by atoms with van der Waals surface area (Å²) >= 11 is 18.4. The molecule has 0 aliphatic carbocycles. The highest BCUT2D eigenvalue weighted by Gasteiger charge is 2.39. The second kappa shape index (κ2) is 6.59. The number of aromatic carboxylic acids is 1. The third-order valence-corrected chi connectivity index (χ3v) is 4.77. The number of hydrogen-bond acceptors (Lipinski definition) is 4. The number of carboxylic acids is 1. The first-order valence-corrected chi connectivity index (χ1v) is 8.18. The van der Waals surface area contributed by atoms with Crippen molar-refractivity contribution in [1.82, 2.24) is 10.3 Å². The lowest BCUT2D eigenvalue weighted by Crippen LogP contribution is -2.42. The third-order valence-electron chi connectivity index (χ3n) is 3.84. The van der Waals surface area contributed by atoms with Gasteiger partial charge in [0, 0.05) is 18.0 Å². The molecule has 5 nitrogen and oxygen atoms in total. The van der Waals surface area contributed by atoms with Crippen LogP contribution in [0.25, 0.3) is 0 Å². The number of dihydropyridines is 1. The Hall–Kier alpha value is -2.21. The second-order valence-corrected chi connectivity index (χ2v) is 6.57. The number of carbonyl (C=O) groups is 1. The van der Waals surface area contributed by atoms with Crippen LogP contribution in [0.3, 0.4) is 0 Å². The average molecular weight is 398 g/mol. The summed E-state index contributed by atoms with van der Waals surface area (Å²) in [5.41, 5.74) is -0.0318. The molecule has 3 rings (SSSR count). The number of aromatic nitrogens is 1. The summed E-state index contributed by atoms with van der Waals surface area (Å²) in [6.45, 7) is 0. The number of nitrogens with zero attached hydrogens (tertiary/aromatic N) is 1. The van der Waals surface area contributed by atoms with Gasteiger partial charge >= 0.3 is 5.97 Å². The summed E-state index contributed by atoms with van der Waals surface area (Å²) < 4.78 is 0. The van der Waals surface area contributed by atoms with Crippen LogP contribution in [0, 0.1) is 0 Å². The van der Waals surface area contributed by atoms with E-state index >= 15 is 0 Å². The molecule has 0 saturated carbocycles. The molecule has 1 aliphatic heterocycles. The molecule has 0 spiro atoms. The van der Waals surface area contributed by atoms with Crippen molar-refractivity contribution in [1.29, 1.82) is 0 Å². The summed E-state index contributed by atoms with van der Waals surface area (Å²) in [6, 6.07) is 7.69. The highest BCUT2D eigenvalue weighted by atomic mass is 35.5. The molecule has 2 aromatic rings. The maximum Gasteiger partial charge on any atom is 0.354 e. The Kier molecular flexibility index (Phi) is 4.64. The molecule has 3 N–H and O–H groups in total. The fourth-order valence-electron chi connectivity index (χ4n) is 2.61. The molecular formula is C17H11Cl3N2O3. The number of phenolic OH excluding ortho intramolecular Hbond substituents is 1. The quantitative estimate of drug-likeness (QED) is 0.723. The van der Waals surface area contributed by atoms with Gasteiger partial charge in [0.2, 0.25) is 0 Å². The van der Waals surface area contributed by atoms with Crippen LogP contribution < -0.4 is 5.32 Å². The van der Waals surface area contributed by atoms with Gasteiger partial charge in [-0.3, -0.25) is 0 Å². The summed E-state index contributed by atoms with van der Waals surface area (Å²) in [6.07, 6.45) is 4.53. The molecule has 1 aromatic carbocycles. The normalized spacial score (nSPS) is 19.6. The van der Waals surface area contributed by atoms with Crippen molar-refractivity contribution < 1.29 is 15.0 Å². The van der Waals surface area contributed by atoms with Crippen LogP contribution >= 0.6 is 34.8 Å². The number of carboxylic acid groups (broad SMARTS) is 1. The lowest BCUT2D eigenvalue weighted by Gasteiger charge is -2.37. The fourth-order valence-corrected chi connectivity index (χ4v) is 3.34. The number of rotatable bonds is 3. The first kappa shape index (κ1) is 17.6. The fraction of sp³-hybridized carbons (Fsp3) is 0.0588. The van der Waals surface area contributed by atoms with E-state index in [1.165, 1.54) is 18.3 Å². The van der Waals surface area contributed by atoms with E-state index < -0.39 is 11.5 Å². The van der Waals surface area contributed by atoms with Crippen LogP contribution in [-0.2, 0) is 5.54 Å². The third kappa shape index (κ3) is 3.06. The smallest absolute Gasteiger partial charge is 0.354 e. The Morgan fingerprint density at radius 2 is 1.84 bits per heavy atom. The summed E-state index contributed by atoms with van der Waals surface area (Å²) in [7, 11) is 0. The van der Waals surface area contributed by atoms with Crippen molar-refractivity contribution in [2.24, 2.45) is 0 Å². The number of aromatic hydroxyl groups is 1. The van der Waals surface area contributed by atoms with Crippen molar-refractivity contribution in [3.63, 3.8) is 0 Å². The molecular weight excluding hydrogens is 387 g/mol. The van der Waals surface area contributed by atoms with Gasteiger partial charge in [-0.25, -0.2) is 9.78 Å². The standard InChI is InChI=1S/C17H11Cl3N2O3/c18-11-6-15(20)17(22-8-11,9-1-3-12(19)14(23)5-9)10-2-4-13(16(24)25)21-7-10/h1-8,22-23H,(H,24,25). The molecule has 0 radical (unpaired) electrons. The molecule has 2 heterocycles. The minimum atomic E-state index is -1.13. The van der Waals surface area contributed by atoms with Crippen molar-refractivity contribution in [3.05, 3.63) is 80.7 Å².